The molecule has 0 N–H and O–H groups in total. The van der Waals surface area contributed by atoms with Gasteiger partial charge in [0.2, 0.25) is 0 Å². The lowest BCUT2D eigenvalue weighted by atomic mass is 9.94. The van der Waals surface area contributed by atoms with E-state index < -0.39 is 8.07 Å². The first-order valence-corrected chi connectivity index (χ1v) is 11.7. The van der Waals surface area contributed by atoms with Gasteiger partial charge in [0, 0.05) is 0 Å². The molecule has 1 aromatic carbocycles. The molecular formula is C19H28O4Si. The molecule has 0 unspecified atom stereocenters. The van der Waals surface area contributed by atoms with Crippen LogP contribution >= 0.6 is 0 Å². The Balaban J connectivity index is 2.30. The summed E-state index contributed by atoms with van der Waals surface area (Å²) in [5.74, 6) is -0.234. The third-order valence-electron chi connectivity index (χ3n) is 5.90. The lowest BCUT2D eigenvalue weighted by molar-refractivity contribution is 0.0518. The Bertz CT molecular complexity index is 651. The van der Waals surface area contributed by atoms with E-state index in [1.165, 1.54) is 16.3 Å². The number of fused-ring (bicyclic) bond motifs is 2. The van der Waals surface area contributed by atoms with Crippen LogP contribution in [0.25, 0.3) is 0 Å². The van der Waals surface area contributed by atoms with E-state index >= 15 is 0 Å². The summed E-state index contributed by atoms with van der Waals surface area (Å²) in [5, 5.41) is 1.66. The third kappa shape index (κ3) is 2.54. The molecule has 0 saturated heterocycles. The average molecular weight is 349 g/mol. The maximum Gasteiger partial charge on any atom is 0.338 e. The van der Waals surface area contributed by atoms with E-state index in [9.17, 15) is 4.79 Å². The number of hydrogen-bond acceptors (Lipinski definition) is 4. The van der Waals surface area contributed by atoms with Crippen LogP contribution < -0.4 is 5.19 Å². The minimum absolute atomic E-state index is 0.213. The van der Waals surface area contributed by atoms with Crippen molar-refractivity contribution in [3.8, 4) is 0 Å². The van der Waals surface area contributed by atoms with Crippen LogP contribution in [0.2, 0.25) is 18.1 Å². The van der Waals surface area contributed by atoms with Gasteiger partial charge in [0.1, 0.15) is 0 Å². The van der Waals surface area contributed by atoms with Gasteiger partial charge < -0.3 is 14.2 Å². The van der Waals surface area contributed by atoms with E-state index in [0.29, 0.717) is 38.6 Å². The Morgan fingerprint density at radius 1 is 1.00 bits per heavy atom. The largest absolute Gasteiger partial charge is 0.462 e. The molecule has 0 aromatic heterocycles. The lowest BCUT2D eigenvalue weighted by Gasteiger charge is -2.40. The van der Waals surface area contributed by atoms with E-state index in [1.54, 1.807) is 0 Å². The number of carbonyl (C=O) groups is 1. The molecule has 0 atom stereocenters. The maximum absolute atomic E-state index is 12.6. The Morgan fingerprint density at radius 2 is 1.46 bits per heavy atom. The molecule has 2 heterocycles. The van der Waals surface area contributed by atoms with Crippen molar-refractivity contribution >= 4 is 19.2 Å². The summed E-state index contributed by atoms with van der Waals surface area (Å²) >= 11 is 0. The molecule has 0 saturated carbocycles. The Labute approximate surface area is 145 Å². The number of carbonyl (C=O) groups excluding carboxylic acids is 1. The minimum atomic E-state index is -1.78. The molecule has 0 bridgehead atoms. The van der Waals surface area contributed by atoms with Crippen molar-refractivity contribution < 1.29 is 19.0 Å². The molecule has 1 aromatic rings. The van der Waals surface area contributed by atoms with E-state index in [1.807, 2.05) is 6.92 Å². The second kappa shape index (κ2) is 5.97. The summed E-state index contributed by atoms with van der Waals surface area (Å²) in [4.78, 5) is 12.6. The molecule has 0 fully saturated rings. The van der Waals surface area contributed by atoms with Crippen LogP contribution in [0.15, 0.2) is 0 Å². The number of ether oxygens (including phenoxy) is 3. The van der Waals surface area contributed by atoms with E-state index in [4.69, 9.17) is 14.2 Å². The Hall–Kier alpha value is -1.17. The average Bonchev–Trinajstić information content (AvgIpc) is 3.11. The second-order valence-corrected chi connectivity index (χ2v) is 13.5. The van der Waals surface area contributed by atoms with Crippen LogP contribution in [-0.4, -0.2) is 20.7 Å². The minimum Gasteiger partial charge on any atom is -0.462 e. The van der Waals surface area contributed by atoms with Crippen molar-refractivity contribution in [3.63, 3.8) is 0 Å². The fraction of sp³-hybridized carbons (Fsp3) is 0.632. The van der Waals surface area contributed by atoms with Crippen LogP contribution in [0.4, 0.5) is 0 Å². The highest BCUT2D eigenvalue weighted by molar-refractivity contribution is 6.92. The van der Waals surface area contributed by atoms with Gasteiger partial charge in [-0.25, -0.2) is 4.79 Å². The van der Waals surface area contributed by atoms with Crippen molar-refractivity contribution in [3.05, 3.63) is 27.8 Å². The van der Waals surface area contributed by atoms with Gasteiger partial charge in [-0.2, -0.15) is 0 Å². The molecule has 4 nitrogen and oxygen atoms in total. The zero-order valence-electron chi connectivity index (χ0n) is 15.7. The van der Waals surface area contributed by atoms with Crippen molar-refractivity contribution in [1.29, 1.82) is 0 Å². The Kier molecular flexibility index (Phi) is 4.39. The fourth-order valence-electron chi connectivity index (χ4n) is 3.69. The summed E-state index contributed by atoms with van der Waals surface area (Å²) in [6, 6.07) is 0. The monoisotopic (exact) mass is 348 g/mol. The molecule has 0 amide bonds. The first-order valence-electron chi connectivity index (χ1n) is 8.72. The molecule has 3 rings (SSSR count). The molecule has 0 radical (unpaired) electrons. The first kappa shape index (κ1) is 17.6. The maximum atomic E-state index is 12.6. The molecule has 132 valence electrons. The molecule has 2 aliphatic heterocycles. The summed E-state index contributed by atoms with van der Waals surface area (Å²) in [7, 11) is -1.78. The van der Waals surface area contributed by atoms with Crippen LogP contribution in [0.3, 0.4) is 0 Å². The van der Waals surface area contributed by atoms with Crippen molar-refractivity contribution in [1.82, 2.24) is 0 Å². The predicted molar refractivity (Wildman–Crippen MR) is 96.2 cm³/mol. The van der Waals surface area contributed by atoms with Crippen LogP contribution in [0, 0.1) is 0 Å². The SMILES string of the molecule is CCOC(=O)c1c2c(c([Si](C)(C)C(C)(C)C)c3c1COC3)COC2. The number of esters is 1. The zero-order chi connectivity index (χ0) is 17.7. The van der Waals surface area contributed by atoms with Gasteiger partial charge in [-0.15, -0.1) is 0 Å². The summed E-state index contributed by atoms with van der Waals surface area (Å²) in [6.45, 7) is 16.2. The van der Waals surface area contributed by atoms with Gasteiger partial charge in [0.15, 0.2) is 0 Å². The highest BCUT2D eigenvalue weighted by atomic mass is 28.3. The molecule has 0 aliphatic carbocycles. The van der Waals surface area contributed by atoms with Crippen molar-refractivity contribution in [2.75, 3.05) is 6.61 Å². The molecule has 2 aliphatic rings. The number of rotatable bonds is 3. The van der Waals surface area contributed by atoms with E-state index in [-0.39, 0.29) is 11.0 Å². The smallest absolute Gasteiger partial charge is 0.338 e. The van der Waals surface area contributed by atoms with Crippen LogP contribution in [0.5, 0.6) is 0 Å². The van der Waals surface area contributed by atoms with Gasteiger partial charge in [-0.3, -0.25) is 0 Å². The normalized spacial score (nSPS) is 16.9. The standard InChI is InChI=1S/C19H28O4Si/c1-7-23-18(20)16-12-8-21-10-14(12)17(15-11-22-9-13(15)16)24(5,6)19(2,3)4/h7-11H2,1-6H3. The summed E-state index contributed by atoms with van der Waals surface area (Å²) in [5.41, 5.74) is 5.25. The van der Waals surface area contributed by atoms with Crippen molar-refractivity contribution in [2.24, 2.45) is 0 Å². The van der Waals surface area contributed by atoms with Crippen LogP contribution in [-0.2, 0) is 40.6 Å². The summed E-state index contributed by atoms with van der Waals surface area (Å²) in [6.07, 6.45) is 0. The first-order chi connectivity index (χ1) is 11.2. The third-order valence-corrected chi connectivity index (χ3v) is 11.5. The van der Waals surface area contributed by atoms with E-state index in [2.05, 4.69) is 33.9 Å². The number of hydrogen-bond donors (Lipinski definition) is 0. The van der Waals surface area contributed by atoms with Crippen LogP contribution in [0.1, 0.15) is 60.3 Å². The van der Waals surface area contributed by atoms with Gasteiger partial charge in [0.05, 0.1) is 46.7 Å². The highest BCUT2D eigenvalue weighted by Crippen LogP contribution is 2.41. The Morgan fingerprint density at radius 3 is 1.88 bits per heavy atom. The molecule has 24 heavy (non-hydrogen) atoms. The van der Waals surface area contributed by atoms with Gasteiger partial charge in [-0.1, -0.05) is 33.9 Å². The predicted octanol–water partition coefficient (Wildman–Crippen LogP) is 3.64. The van der Waals surface area contributed by atoms with Gasteiger partial charge in [-0.05, 0) is 39.4 Å². The summed E-state index contributed by atoms with van der Waals surface area (Å²) < 4.78 is 16.9. The van der Waals surface area contributed by atoms with Gasteiger partial charge in [0.25, 0.3) is 0 Å². The highest BCUT2D eigenvalue weighted by Gasteiger charge is 2.44. The molecule has 0 spiro atoms. The van der Waals surface area contributed by atoms with E-state index in [0.717, 1.165) is 11.1 Å². The molecule has 5 heteroatoms. The zero-order valence-corrected chi connectivity index (χ0v) is 16.7. The lowest BCUT2D eigenvalue weighted by Crippen LogP contribution is -2.53. The molecular weight excluding hydrogens is 320 g/mol. The second-order valence-electron chi connectivity index (χ2n) is 8.25. The van der Waals surface area contributed by atoms with Gasteiger partial charge >= 0.3 is 5.97 Å². The number of benzene rings is 1. The fourth-order valence-corrected chi connectivity index (χ4v) is 6.40. The topological polar surface area (TPSA) is 44.8 Å². The quantitative estimate of drug-likeness (QED) is 0.618. The van der Waals surface area contributed by atoms with Crippen molar-refractivity contribution in [2.45, 2.75) is 72.3 Å².